The second kappa shape index (κ2) is 15.8. The van der Waals surface area contributed by atoms with E-state index in [0.717, 1.165) is 31.9 Å². The van der Waals surface area contributed by atoms with Gasteiger partial charge in [0.15, 0.2) is 0 Å². The Balaban J connectivity index is 1.36. The van der Waals surface area contributed by atoms with E-state index in [0.29, 0.717) is 76.3 Å². The molecule has 0 saturated carbocycles. The number of carbonyl (C=O) groups is 4. The number of halogens is 1. The molecule has 0 aromatic heterocycles. The number of hydrogen-bond donors (Lipinski definition) is 3. The topological polar surface area (TPSA) is 133 Å². The molecular formula is C29H43FN6O6. The van der Waals surface area contributed by atoms with Crippen LogP contribution in [0.5, 0.6) is 0 Å². The molecular weight excluding hydrogens is 547 g/mol. The number of anilines is 3. The number of ether oxygens (including phenoxy) is 1. The standard InChI is InChI=1S/C29H43FN6O6/c1-2-41-27(38)19-35-13-7-22(8-14-35)29(40)33-24-4-3-23(36-15-9-31-10-16-36)18-25(24)32-26(37)17-21-5-11-34(12-6-21)20-28(39)42-30/h3-4,18,21-22,31H,2,5-17,19-20H2,1H3,(H,32,37)(H,33,40). The van der Waals surface area contributed by atoms with Gasteiger partial charge in [0.1, 0.15) is 6.54 Å². The van der Waals surface area contributed by atoms with Gasteiger partial charge in [0.05, 0.1) is 24.5 Å². The number of nitrogens with zero attached hydrogens (tertiary/aromatic N) is 3. The van der Waals surface area contributed by atoms with Gasteiger partial charge in [0.25, 0.3) is 0 Å². The zero-order valence-electron chi connectivity index (χ0n) is 24.4. The highest BCUT2D eigenvalue weighted by Gasteiger charge is 2.28. The van der Waals surface area contributed by atoms with Gasteiger partial charge in [-0.15, -0.1) is 0 Å². The Morgan fingerprint density at radius 3 is 2.17 bits per heavy atom. The molecule has 3 aliphatic heterocycles. The first-order chi connectivity index (χ1) is 20.3. The lowest BCUT2D eigenvalue weighted by molar-refractivity contribution is -0.185. The van der Waals surface area contributed by atoms with Crippen molar-refractivity contribution < 1.29 is 33.4 Å². The lowest BCUT2D eigenvalue weighted by Crippen LogP contribution is -2.43. The molecule has 1 aromatic rings. The van der Waals surface area contributed by atoms with E-state index in [1.165, 1.54) is 0 Å². The fourth-order valence-electron chi connectivity index (χ4n) is 5.86. The predicted molar refractivity (Wildman–Crippen MR) is 156 cm³/mol. The van der Waals surface area contributed by atoms with E-state index in [9.17, 15) is 23.7 Å². The largest absolute Gasteiger partial charge is 0.465 e. The fourth-order valence-corrected chi connectivity index (χ4v) is 5.86. The Kier molecular flexibility index (Phi) is 11.9. The second-order valence-corrected chi connectivity index (χ2v) is 11.2. The lowest BCUT2D eigenvalue weighted by atomic mass is 9.93. The Bertz CT molecular complexity index is 1080. The quantitative estimate of drug-likeness (QED) is 0.328. The number of piperazine rings is 1. The third kappa shape index (κ3) is 9.36. The third-order valence-electron chi connectivity index (χ3n) is 8.25. The summed E-state index contributed by atoms with van der Waals surface area (Å²) in [5.74, 6) is -1.46. The van der Waals surface area contributed by atoms with Crippen molar-refractivity contribution in [2.45, 2.75) is 39.0 Å². The molecule has 0 bridgehead atoms. The van der Waals surface area contributed by atoms with E-state index in [1.807, 2.05) is 28.0 Å². The van der Waals surface area contributed by atoms with E-state index < -0.39 is 5.97 Å². The number of nitrogens with one attached hydrogen (secondary N) is 3. The van der Waals surface area contributed by atoms with Crippen LogP contribution in [0.4, 0.5) is 21.6 Å². The molecule has 232 valence electrons. The zero-order valence-corrected chi connectivity index (χ0v) is 24.4. The minimum Gasteiger partial charge on any atom is -0.465 e. The maximum absolute atomic E-state index is 13.3. The number of rotatable bonds is 11. The third-order valence-corrected chi connectivity index (χ3v) is 8.25. The minimum atomic E-state index is -0.910. The monoisotopic (exact) mass is 590 g/mol. The zero-order chi connectivity index (χ0) is 29.9. The molecule has 3 N–H and O–H groups in total. The number of esters is 1. The summed E-state index contributed by atoms with van der Waals surface area (Å²) in [7, 11) is 0. The van der Waals surface area contributed by atoms with E-state index in [-0.39, 0.29) is 42.7 Å². The van der Waals surface area contributed by atoms with Crippen molar-refractivity contribution in [2.24, 2.45) is 11.8 Å². The van der Waals surface area contributed by atoms with E-state index in [4.69, 9.17) is 4.74 Å². The number of carbonyl (C=O) groups excluding carboxylic acids is 4. The van der Waals surface area contributed by atoms with Gasteiger partial charge in [-0.25, -0.2) is 4.79 Å². The van der Waals surface area contributed by atoms with Crippen LogP contribution in [0.3, 0.4) is 0 Å². The highest BCUT2D eigenvalue weighted by atomic mass is 19.3. The fraction of sp³-hybridized carbons (Fsp3) is 0.655. The summed E-state index contributed by atoms with van der Waals surface area (Å²) >= 11 is 0. The average Bonchev–Trinajstić information content (AvgIpc) is 2.99. The summed E-state index contributed by atoms with van der Waals surface area (Å²) < 4.78 is 17.1. The summed E-state index contributed by atoms with van der Waals surface area (Å²) in [6, 6.07) is 5.74. The molecule has 12 nitrogen and oxygen atoms in total. The maximum atomic E-state index is 13.3. The summed E-state index contributed by atoms with van der Waals surface area (Å²) in [6.07, 6.45) is 3.01. The molecule has 2 amide bonds. The van der Waals surface area contributed by atoms with Crippen LogP contribution in [0, 0.1) is 11.8 Å². The molecule has 42 heavy (non-hydrogen) atoms. The predicted octanol–water partition coefficient (Wildman–Crippen LogP) is 1.78. The van der Waals surface area contributed by atoms with E-state index in [1.54, 1.807) is 6.92 Å². The van der Waals surface area contributed by atoms with Crippen LogP contribution in [0.15, 0.2) is 18.2 Å². The smallest absolute Gasteiger partial charge is 0.362 e. The number of amides is 2. The Labute approximate surface area is 246 Å². The van der Waals surface area contributed by atoms with Gasteiger partial charge >= 0.3 is 11.9 Å². The van der Waals surface area contributed by atoms with Crippen molar-refractivity contribution in [1.82, 2.24) is 15.1 Å². The van der Waals surface area contributed by atoms with Crippen molar-refractivity contribution in [1.29, 1.82) is 0 Å². The molecule has 3 heterocycles. The molecule has 4 rings (SSSR count). The van der Waals surface area contributed by atoms with Crippen molar-refractivity contribution in [3.8, 4) is 0 Å². The van der Waals surface area contributed by atoms with Gasteiger partial charge in [-0.1, -0.05) is 0 Å². The summed E-state index contributed by atoms with van der Waals surface area (Å²) in [6.45, 7) is 8.15. The van der Waals surface area contributed by atoms with Crippen LogP contribution in [0.1, 0.15) is 39.0 Å². The van der Waals surface area contributed by atoms with Crippen molar-refractivity contribution >= 4 is 40.8 Å². The normalized spacial score (nSPS) is 19.2. The molecule has 3 aliphatic rings. The number of likely N-dealkylation sites (tertiary alicyclic amines) is 2. The molecule has 3 fully saturated rings. The van der Waals surface area contributed by atoms with Crippen molar-refractivity contribution in [3.05, 3.63) is 18.2 Å². The Morgan fingerprint density at radius 1 is 0.881 bits per heavy atom. The van der Waals surface area contributed by atoms with Gasteiger partial charge in [0.2, 0.25) is 11.8 Å². The molecule has 13 heteroatoms. The molecule has 0 spiro atoms. The summed E-state index contributed by atoms with van der Waals surface area (Å²) in [4.78, 5) is 58.8. The molecule has 0 aliphatic carbocycles. The molecule has 0 unspecified atom stereocenters. The minimum absolute atomic E-state index is 0.0955. The van der Waals surface area contributed by atoms with Crippen molar-refractivity contribution in [3.63, 3.8) is 0 Å². The number of benzene rings is 1. The number of piperidine rings is 2. The first kappa shape index (κ1) is 31.6. The van der Waals surface area contributed by atoms with Crippen LogP contribution in [0.2, 0.25) is 0 Å². The van der Waals surface area contributed by atoms with Crippen LogP contribution in [-0.2, 0) is 28.9 Å². The molecule has 3 saturated heterocycles. The number of hydrogen-bond acceptors (Lipinski definition) is 10. The molecule has 0 atom stereocenters. The van der Waals surface area contributed by atoms with Gasteiger partial charge in [-0.05, 0) is 82.9 Å². The van der Waals surface area contributed by atoms with Crippen LogP contribution >= 0.6 is 0 Å². The highest BCUT2D eigenvalue weighted by molar-refractivity contribution is 6.01. The first-order valence-electron chi connectivity index (χ1n) is 15.0. The van der Waals surface area contributed by atoms with Crippen LogP contribution in [0.25, 0.3) is 0 Å². The van der Waals surface area contributed by atoms with Crippen LogP contribution < -0.4 is 20.9 Å². The summed E-state index contributed by atoms with van der Waals surface area (Å²) in [5.41, 5.74) is 2.10. The molecule has 0 radical (unpaired) electrons. The maximum Gasteiger partial charge on any atom is 0.362 e. The lowest BCUT2D eigenvalue weighted by Gasteiger charge is -2.32. The average molecular weight is 591 g/mol. The highest BCUT2D eigenvalue weighted by Crippen LogP contribution is 2.31. The van der Waals surface area contributed by atoms with Gasteiger partial charge in [0, 0.05) is 48.7 Å². The Hall–Kier alpha value is -3.29. The SMILES string of the molecule is CCOC(=O)CN1CCC(C(=O)Nc2ccc(N3CCNCC3)cc2NC(=O)CC2CCN(CC(=O)OF)CC2)CC1. The van der Waals surface area contributed by atoms with Gasteiger partial charge < -0.3 is 25.6 Å². The molecule has 1 aromatic carbocycles. The van der Waals surface area contributed by atoms with Crippen LogP contribution in [-0.4, -0.2) is 106 Å². The van der Waals surface area contributed by atoms with Gasteiger partial charge in [-0.2, -0.15) is 0 Å². The Morgan fingerprint density at radius 2 is 1.52 bits per heavy atom. The second-order valence-electron chi connectivity index (χ2n) is 11.2. The van der Waals surface area contributed by atoms with Crippen molar-refractivity contribution in [2.75, 3.05) is 87.6 Å². The first-order valence-corrected chi connectivity index (χ1v) is 15.0. The summed E-state index contributed by atoms with van der Waals surface area (Å²) in [5, 5.41) is 9.44. The van der Waals surface area contributed by atoms with Gasteiger partial charge in [-0.3, -0.25) is 29.1 Å². The van der Waals surface area contributed by atoms with E-state index >= 15 is 0 Å². The van der Waals surface area contributed by atoms with E-state index in [2.05, 4.69) is 25.8 Å².